The number of nitrogens with one attached hydrogen (secondary N) is 1. The van der Waals surface area contributed by atoms with Crippen molar-refractivity contribution in [3.8, 4) is 6.07 Å². The summed E-state index contributed by atoms with van der Waals surface area (Å²) in [6, 6.07) is 9.02. The summed E-state index contributed by atoms with van der Waals surface area (Å²) in [5, 5.41) is 9.77. The first-order valence-corrected chi connectivity index (χ1v) is 6.79. The average molecular weight is 246 g/mol. The van der Waals surface area contributed by atoms with E-state index in [4.69, 9.17) is 5.26 Å². The molecular weight excluding hydrogens is 236 g/mol. The van der Waals surface area contributed by atoms with Gasteiger partial charge in [-0.2, -0.15) is 5.26 Å². The summed E-state index contributed by atoms with van der Waals surface area (Å²) in [7, 11) is -3.46. The minimum atomic E-state index is -3.46. The van der Waals surface area contributed by atoms with Crippen molar-refractivity contribution >= 4 is 26.8 Å². The molecule has 0 atom stereocenters. The molecule has 1 aromatic heterocycles. The number of sulfone groups is 1. The van der Waals surface area contributed by atoms with Crippen LogP contribution in [0.3, 0.4) is 0 Å². The van der Waals surface area contributed by atoms with Crippen LogP contribution in [0.15, 0.2) is 35.4 Å². The molecule has 0 spiro atoms. The van der Waals surface area contributed by atoms with E-state index in [-0.39, 0.29) is 4.91 Å². The number of allylic oxidation sites excluding steroid dienone is 1. The van der Waals surface area contributed by atoms with Crippen LogP contribution < -0.4 is 0 Å². The van der Waals surface area contributed by atoms with Gasteiger partial charge in [-0.3, -0.25) is 0 Å². The smallest absolute Gasteiger partial charge is 0.185 e. The van der Waals surface area contributed by atoms with Gasteiger partial charge in [0.1, 0.15) is 11.0 Å². The van der Waals surface area contributed by atoms with Crippen molar-refractivity contribution < 1.29 is 8.42 Å². The molecule has 0 saturated heterocycles. The Morgan fingerprint density at radius 2 is 2.18 bits per heavy atom. The number of benzene rings is 1. The largest absolute Gasteiger partial charge is 0.361 e. The minimum Gasteiger partial charge on any atom is -0.361 e. The van der Waals surface area contributed by atoms with Crippen LogP contribution in [0.25, 0.3) is 17.0 Å². The van der Waals surface area contributed by atoms with Crippen molar-refractivity contribution in [2.75, 3.05) is 6.26 Å². The summed E-state index contributed by atoms with van der Waals surface area (Å²) in [5.74, 6) is 0. The Hall–Kier alpha value is -2.06. The Morgan fingerprint density at radius 1 is 1.41 bits per heavy atom. The summed E-state index contributed by atoms with van der Waals surface area (Å²) in [4.78, 5) is 2.81. The predicted octanol–water partition coefficient (Wildman–Crippen LogP) is 2.08. The highest BCUT2D eigenvalue weighted by Crippen LogP contribution is 2.17. The van der Waals surface area contributed by atoms with Crippen LogP contribution in [0.2, 0.25) is 0 Å². The molecule has 1 aromatic carbocycles. The fourth-order valence-corrected chi connectivity index (χ4v) is 2.05. The minimum absolute atomic E-state index is 0.229. The number of hydrogen-bond acceptors (Lipinski definition) is 3. The van der Waals surface area contributed by atoms with Crippen LogP contribution in [-0.4, -0.2) is 19.7 Å². The number of fused-ring (bicyclic) bond motifs is 1. The van der Waals surface area contributed by atoms with Gasteiger partial charge in [0.25, 0.3) is 0 Å². The van der Waals surface area contributed by atoms with Crippen molar-refractivity contribution in [2.24, 2.45) is 0 Å². The van der Waals surface area contributed by atoms with Crippen LogP contribution in [0.5, 0.6) is 0 Å². The average Bonchev–Trinajstić information content (AvgIpc) is 2.71. The third-order valence-electron chi connectivity index (χ3n) is 2.38. The van der Waals surface area contributed by atoms with Gasteiger partial charge >= 0.3 is 0 Å². The molecule has 0 amide bonds. The quantitative estimate of drug-likeness (QED) is 0.824. The molecule has 1 N–H and O–H groups in total. The number of nitrogens with zero attached hydrogens (tertiary/aromatic N) is 1. The van der Waals surface area contributed by atoms with Crippen LogP contribution in [0.4, 0.5) is 0 Å². The topological polar surface area (TPSA) is 73.7 Å². The van der Waals surface area contributed by atoms with Crippen molar-refractivity contribution in [3.05, 3.63) is 40.9 Å². The van der Waals surface area contributed by atoms with Gasteiger partial charge in [0.15, 0.2) is 9.84 Å². The molecule has 0 fully saturated rings. The molecule has 0 radical (unpaired) electrons. The highest BCUT2D eigenvalue weighted by atomic mass is 32.2. The van der Waals surface area contributed by atoms with Crippen molar-refractivity contribution in [2.45, 2.75) is 0 Å². The van der Waals surface area contributed by atoms with Crippen LogP contribution in [-0.2, 0) is 9.84 Å². The lowest BCUT2D eigenvalue weighted by molar-refractivity contribution is 0.609. The van der Waals surface area contributed by atoms with E-state index in [0.29, 0.717) is 5.56 Å². The molecular formula is C12H10N2O2S. The summed E-state index contributed by atoms with van der Waals surface area (Å²) in [5.41, 5.74) is 1.67. The van der Waals surface area contributed by atoms with Crippen molar-refractivity contribution in [3.63, 3.8) is 0 Å². The van der Waals surface area contributed by atoms with E-state index in [1.165, 1.54) is 6.08 Å². The maximum absolute atomic E-state index is 11.3. The van der Waals surface area contributed by atoms with E-state index in [1.54, 1.807) is 18.3 Å². The number of nitriles is 1. The van der Waals surface area contributed by atoms with E-state index >= 15 is 0 Å². The number of aromatic amines is 1. The molecule has 2 aromatic rings. The fourth-order valence-electron chi connectivity index (χ4n) is 1.54. The lowest BCUT2D eigenvalue weighted by atomic mass is 10.1. The molecule has 0 unspecified atom stereocenters. The van der Waals surface area contributed by atoms with Gasteiger partial charge in [-0.15, -0.1) is 0 Å². The van der Waals surface area contributed by atoms with Gasteiger partial charge in [0.05, 0.1) is 0 Å². The monoisotopic (exact) mass is 246 g/mol. The SMILES string of the molecule is CS(=O)(=O)/C(C#N)=C/c1ccc2[nH]ccc2c1. The maximum atomic E-state index is 11.3. The van der Waals surface area contributed by atoms with Crippen LogP contribution in [0, 0.1) is 11.3 Å². The zero-order valence-electron chi connectivity index (χ0n) is 9.14. The van der Waals surface area contributed by atoms with Gasteiger partial charge in [-0.05, 0) is 35.2 Å². The molecule has 5 heteroatoms. The number of rotatable bonds is 2. The lowest BCUT2D eigenvalue weighted by Crippen LogP contribution is -1.98. The molecule has 86 valence electrons. The Kier molecular flexibility index (Phi) is 2.74. The van der Waals surface area contributed by atoms with Crippen molar-refractivity contribution in [1.82, 2.24) is 4.98 Å². The lowest BCUT2D eigenvalue weighted by Gasteiger charge is -1.97. The molecule has 4 nitrogen and oxygen atoms in total. The molecule has 1 heterocycles. The highest BCUT2D eigenvalue weighted by molar-refractivity contribution is 7.95. The Bertz CT molecular complexity index is 733. The van der Waals surface area contributed by atoms with E-state index in [0.717, 1.165) is 17.2 Å². The molecule has 0 saturated carbocycles. The zero-order valence-corrected chi connectivity index (χ0v) is 9.95. The van der Waals surface area contributed by atoms with Crippen molar-refractivity contribution in [1.29, 1.82) is 5.26 Å². The number of aromatic nitrogens is 1. The Labute approximate surface area is 99.1 Å². The summed E-state index contributed by atoms with van der Waals surface area (Å²) in [6.45, 7) is 0. The summed E-state index contributed by atoms with van der Waals surface area (Å²) in [6.07, 6.45) is 4.21. The van der Waals surface area contributed by atoms with Gasteiger partial charge in [0, 0.05) is 18.0 Å². The van der Waals surface area contributed by atoms with Gasteiger partial charge in [-0.1, -0.05) is 6.07 Å². The second-order valence-electron chi connectivity index (χ2n) is 3.72. The third-order valence-corrected chi connectivity index (χ3v) is 3.39. The maximum Gasteiger partial charge on any atom is 0.185 e. The van der Waals surface area contributed by atoms with E-state index in [2.05, 4.69) is 4.98 Å². The van der Waals surface area contributed by atoms with Gasteiger partial charge < -0.3 is 4.98 Å². The van der Waals surface area contributed by atoms with E-state index < -0.39 is 9.84 Å². The molecule has 0 aliphatic heterocycles. The van der Waals surface area contributed by atoms with E-state index in [9.17, 15) is 8.42 Å². The first kappa shape index (κ1) is 11.4. The third kappa shape index (κ3) is 2.37. The summed E-state index contributed by atoms with van der Waals surface area (Å²) >= 11 is 0. The van der Waals surface area contributed by atoms with Gasteiger partial charge in [0.2, 0.25) is 0 Å². The van der Waals surface area contributed by atoms with Crippen LogP contribution >= 0.6 is 0 Å². The van der Waals surface area contributed by atoms with Gasteiger partial charge in [-0.25, -0.2) is 8.42 Å². The molecule has 2 rings (SSSR count). The first-order valence-electron chi connectivity index (χ1n) is 4.90. The number of hydrogen-bond donors (Lipinski definition) is 1. The van der Waals surface area contributed by atoms with Crippen LogP contribution in [0.1, 0.15) is 5.56 Å². The standard InChI is InChI=1S/C12H10N2O2S/c1-17(15,16)11(8-13)7-9-2-3-12-10(6-9)4-5-14-12/h2-7,14H,1H3/b11-7+. The molecule has 0 aliphatic rings. The van der Waals surface area contributed by atoms with E-state index in [1.807, 2.05) is 18.2 Å². The second kappa shape index (κ2) is 4.07. The molecule has 0 aliphatic carbocycles. The Morgan fingerprint density at radius 3 is 2.82 bits per heavy atom. The normalized spacial score (nSPS) is 12.6. The fraction of sp³-hybridized carbons (Fsp3) is 0.0833. The second-order valence-corrected chi connectivity index (χ2v) is 5.70. The highest BCUT2D eigenvalue weighted by Gasteiger charge is 2.10. The predicted molar refractivity (Wildman–Crippen MR) is 66.7 cm³/mol. The molecule has 0 bridgehead atoms. The molecule has 17 heavy (non-hydrogen) atoms. The Balaban J connectivity index is 2.54. The number of H-pyrrole nitrogens is 1. The first-order chi connectivity index (χ1) is 8.00. The zero-order chi connectivity index (χ0) is 12.5. The summed E-state index contributed by atoms with van der Waals surface area (Å²) < 4.78 is 22.6.